The predicted octanol–water partition coefficient (Wildman–Crippen LogP) is -0.241. The Balaban J connectivity index is 0. The van der Waals surface area contributed by atoms with E-state index >= 15 is 0 Å². The Kier molecular flexibility index (Phi) is 7.35. The van der Waals surface area contributed by atoms with Gasteiger partial charge in [0.15, 0.2) is 12.1 Å². The van der Waals surface area contributed by atoms with Crippen LogP contribution in [0.2, 0.25) is 0 Å². The maximum Gasteiger partial charge on any atom is 0.469 e. The van der Waals surface area contributed by atoms with Crippen molar-refractivity contribution in [1.29, 1.82) is 10.5 Å². The first-order chi connectivity index (χ1) is 4.47. The summed E-state index contributed by atoms with van der Waals surface area (Å²) in [6, 6.07) is 2.47. The molecule has 0 aromatic carbocycles. The molecule has 0 amide bonds. The van der Waals surface area contributed by atoms with Crippen LogP contribution in [0.1, 0.15) is 0 Å². The molecule has 0 bridgehead atoms. The van der Waals surface area contributed by atoms with Gasteiger partial charge in [-0.1, -0.05) is 0 Å². The molecule has 0 aromatic rings. The molecular formula is C3H5N2O4P. The number of phosphoric acid groups is 1. The molecule has 6 nitrogen and oxygen atoms in total. The molecular weight excluding hydrogens is 159 g/mol. The third kappa shape index (κ3) is 27.5. The van der Waals surface area contributed by atoms with E-state index in [1.54, 1.807) is 0 Å². The summed E-state index contributed by atoms with van der Waals surface area (Å²) < 4.78 is 13.1. The predicted molar refractivity (Wildman–Crippen MR) is 30.3 cm³/mol. The molecule has 0 rings (SSSR count). The molecule has 0 aliphatic heterocycles. The molecule has 2 N–H and O–H groups in total. The quantitative estimate of drug-likeness (QED) is 0.516. The highest BCUT2D eigenvalue weighted by atomic mass is 31.2. The Hall–Kier alpha value is -0.910. The molecule has 0 radical (unpaired) electrons. The SMILES string of the molecule is COP(=O)(O)O.N#CC#N. The molecule has 0 unspecified atom stereocenters. The summed E-state index contributed by atoms with van der Waals surface area (Å²) in [6.07, 6.45) is 0. The molecule has 0 aliphatic carbocycles. The van der Waals surface area contributed by atoms with Crippen LogP contribution in [0.4, 0.5) is 0 Å². The van der Waals surface area contributed by atoms with Gasteiger partial charge >= 0.3 is 7.82 Å². The summed E-state index contributed by atoms with van der Waals surface area (Å²) in [5.74, 6) is 0. The topological polar surface area (TPSA) is 114 Å². The van der Waals surface area contributed by atoms with E-state index in [2.05, 4.69) is 4.52 Å². The normalized spacial score (nSPS) is 8.10. The molecule has 0 saturated carbocycles. The number of nitrogens with zero attached hydrogens (tertiary/aromatic N) is 2. The highest BCUT2D eigenvalue weighted by molar-refractivity contribution is 7.46. The number of rotatable bonds is 1. The third-order valence-corrected chi connectivity index (χ3v) is 0.764. The Morgan fingerprint density at radius 2 is 1.60 bits per heavy atom. The van der Waals surface area contributed by atoms with Gasteiger partial charge in [-0.3, -0.25) is 4.52 Å². The first-order valence-electron chi connectivity index (χ1n) is 1.87. The second-order valence-corrected chi connectivity index (χ2v) is 2.24. The second-order valence-electron chi connectivity index (χ2n) is 0.897. The maximum absolute atomic E-state index is 9.47. The van der Waals surface area contributed by atoms with E-state index in [-0.39, 0.29) is 0 Å². The number of phosphoric ester groups is 1. The summed E-state index contributed by atoms with van der Waals surface area (Å²) in [6.45, 7) is 0. The van der Waals surface area contributed by atoms with E-state index in [4.69, 9.17) is 20.3 Å². The van der Waals surface area contributed by atoms with Gasteiger partial charge in [0.1, 0.15) is 0 Å². The zero-order chi connectivity index (χ0) is 8.62. The van der Waals surface area contributed by atoms with Crippen LogP contribution in [0, 0.1) is 22.7 Å². The Morgan fingerprint density at radius 1 is 1.40 bits per heavy atom. The van der Waals surface area contributed by atoms with Gasteiger partial charge in [-0.2, -0.15) is 10.5 Å². The second kappa shape index (κ2) is 6.21. The zero-order valence-corrected chi connectivity index (χ0v) is 5.95. The number of hydrogen-bond acceptors (Lipinski definition) is 4. The highest BCUT2D eigenvalue weighted by Crippen LogP contribution is 2.33. The molecule has 0 saturated heterocycles. The number of nitriles is 2. The van der Waals surface area contributed by atoms with Crippen LogP contribution in [0.25, 0.3) is 0 Å². The van der Waals surface area contributed by atoms with Crippen LogP contribution in [-0.2, 0) is 9.09 Å². The monoisotopic (exact) mass is 164 g/mol. The van der Waals surface area contributed by atoms with Crippen molar-refractivity contribution in [3.05, 3.63) is 0 Å². The fourth-order valence-corrected chi connectivity index (χ4v) is 0. The van der Waals surface area contributed by atoms with Crippen molar-refractivity contribution in [3.63, 3.8) is 0 Å². The summed E-state index contributed by atoms with van der Waals surface area (Å²) in [5.41, 5.74) is 0. The van der Waals surface area contributed by atoms with Crippen molar-refractivity contribution in [2.24, 2.45) is 0 Å². The molecule has 7 heteroatoms. The van der Waals surface area contributed by atoms with E-state index in [9.17, 15) is 4.57 Å². The summed E-state index contributed by atoms with van der Waals surface area (Å²) in [5, 5.41) is 14.5. The van der Waals surface area contributed by atoms with E-state index in [1.807, 2.05) is 0 Å². The maximum atomic E-state index is 9.47. The lowest BCUT2D eigenvalue weighted by Gasteiger charge is -1.93. The molecule has 0 spiro atoms. The van der Waals surface area contributed by atoms with Crippen LogP contribution >= 0.6 is 7.82 Å². The van der Waals surface area contributed by atoms with Gasteiger partial charge in [0.25, 0.3) is 0 Å². The van der Waals surface area contributed by atoms with E-state index < -0.39 is 7.82 Å². The Morgan fingerprint density at radius 3 is 1.60 bits per heavy atom. The van der Waals surface area contributed by atoms with Gasteiger partial charge in [0.05, 0.1) is 0 Å². The van der Waals surface area contributed by atoms with Crippen LogP contribution in [0.5, 0.6) is 0 Å². The molecule has 10 heavy (non-hydrogen) atoms. The summed E-state index contributed by atoms with van der Waals surface area (Å²) in [7, 11) is -3.20. The minimum absolute atomic E-state index is 0.945. The van der Waals surface area contributed by atoms with E-state index in [0.717, 1.165) is 7.11 Å². The van der Waals surface area contributed by atoms with Crippen LogP contribution in [0.3, 0.4) is 0 Å². The van der Waals surface area contributed by atoms with Crippen molar-refractivity contribution < 1.29 is 18.9 Å². The molecule has 0 atom stereocenters. The van der Waals surface area contributed by atoms with E-state index in [1.165, 1.54) is 12.1 Å². The van der Waals surface area contributed by atoms with Crippen LogP contribution < -0.4 is 0 Å². The van der Waals surface area contributed by atoms with Gasteiger partial charge in [-0.15, -0.1) is 0 Å². The van der Waals surface area contributed by atoms with Gasteiger partial charge in [0.2, 0.25) is 0 Å². The first-order valence-corrected chi connectivity index (χ1v) is 3.40. The third-order valence-electron chi connectivity index (χ3n) is 0.288. The fourth-order valence-electron chi connectivity index (χ4n) is 0. The molecule has 0 heterocycles. The Labute approximate surface area is 57.5 Å². The molecule has 56 valence electrons. The van der Waals surface area contributed by atoms with Crippen molar-refractivity contribution >= 4 is 7.82 Å². The number of hydrogen-bond donors (Lipinski definition) is 2. The summed E-state index contributed by atoms with van der Waals surface area (Å²) in [4.78, 5) is 15.4. The first kappa shape index (κ1) is 11.8. The molecule has 0 aliphatic rings. The average Bonchev–Trinajstić information content (AvgIpc) is 1.87. The lowest BCUT2D eigenvalue weighted by atomic mass is 10.9. The van der Waals surface area contributed by atoms with Crippen molar-refractivity contribution in [2.45, 2.75) is 0 Å². The Bertz CT molecular complexity index is 184. The van der Waals surface area contributed by atoms with Gasteiger partial charge in [-0.05, 0) is 0 Å². The summed E-state index contributed by atoms with van der Waals surface area (Å²) >= 11 is 0. The van der Waals surface area contributed by atoms with Crippen molar-refractivity contribution in [1.82, 2.24) is 0 Å². The lowest BCUT2D eigenvalue weighted by Crippen LogP contribution is -1.76. The van der Waals surface area contributed by atoms with Crippen LogP contribution in [0.15, 0.2) is 0 Å². The minimum atomic E-state index is -4.15. The zero-order valence-electron chi connectivity index (χ0n) is 5.05. The smallest absolute Gasteiger partial charge is 0.303 e. The largest absolute Gasteiger partial charge is 0.469 e. The molecule has 0 fully saturated rings. The van der Waals surface area contributed by atoms with Gasteiger partial charge < -0.3 is 9.79 Å². The van der Waals surface area contributed by atoms with Crippen LogP contribution in [-0.4, -0.2) is 16.9 Å². The van der Waals surface area contributed by atoms with Crippen molar-refractivity contribution in [2.75, 3.05) is 7.11 Å². The van der Waals surface area contributed by atoms with Crippen molar-refractivity contribution in [3.8, 4) is 12.1 Å². The minimum Gasteiger partial charge on any atom is -0.303 e. The fraction of sp³-hybridized carbons (Fsp3) is 0.333. The average molecular weight is 164 g/mol. The standard InChI is InChI=1S/C2N2.CH5O4P/c3-1-2-4;1-5-6(2,3)4/h;1H3,(H2,2,3,4). The highest BCUT2D eigenvalue weighted by Gasteiger charge is 2.07. The van der Waals surface area contributed by atoms with Gasteiger partial charge in [-0.25, -0.2) is 4.57 Å². The van der Waals surface area contributed by atoms with Gasteiger partial charge in [0, 0.05) is 7.11 Å². The van der Waals surface area contributed by atoms with E-state index in [0.29, 0.717) is 0 Å². The lowest BCUT2D eigenvalue weighted by molar-refractivity contribution is 0.235. The molecule has 0 aromatic heterocycles.